The van der Waals surface area contributed by atoms with Gasteiger partial charge in [0.05, 0.1) is 5.69 Å². The number of rotatable bonds is 5. The van der Waals surface area contributed by atoms with Crippen LogP contribution in [-0.4, -0.2) is 32.2 Å². The van der Waals surface area contributed by atoms with Crippen LogP contribution in [0.3, 0.4) is 0 Å². The maximum Gasteiger partial charge on any atom is 0.272 e. The van der Waals surface area contributed by atoms with E-state index in [1.165, 1.54) is 0 Å². The lowest BCUT2D eigenvalue weighted by Gasteiger charge is -2.28. The minimum Gasteiger partial charge on any atom is -0.368 e. The van der Waals surface area contributed by atoms with Gasteiger partial charge in [0.1, 0.15) is 11.9 Å². The monoisotopic (exact) mass is 413 g/mol. The molecule has 3 N–H and O–H groups in total. The molecule has 2 amide bonds. The maximum absolute atomic E-state index is 13.0. The van der Waals surface area contributed by atoms with E-state index in [1.807, 2.05) is 68.9 Å². The third-order valence-electron chi connectivity index (χ3n) is 4.65. The molecule has 29 heavy (non-hydrogen) atoms. The van der Waals surface area contributed by atoms with Gasteiger partial charge in [-0.05, 0) is 48.7 Å². The molecule has 2 aromatic heterocycles. The molecular formula is C21H24ClN5O2. The molecule has 0 bridgehead atoms. The van der Waals surface area contributed by atoms with Gasteiger partial charge in [-0.1, -0.05) is 32.4 Å². The highest BCUT2D eigenvalue weighted by molar-refractivity contribution is 6.30. The molecule has 152 valence electrons. The Morgan fingerprint density at radius 2 is 1.72 bits per heavy atom. The van der Waals surface area contributed by atoms with E-state index in [0.29, 0.717) is 16.4 Å². The van der Waals surface area contributed by atoms with E-state index >= 15 is 0 Å². The average molecular weight is 414 g/mol. The molecule has 1 atom stereocenters. The molecule has 0 radical (unpaired) electrons. The smallest absolute Gasteiger partial charge is 0.272 e. The summed E-state index contributed by atoms with van der Waals surface area (Å²) in [5.41, 5.74) is 6.62. The topological polar surface area (TPSA) is 94.9 Å². The molecule has 3 rings (SSSR count). The van der Waals surface area contributed by atoms with Gasteiger partial charge < -0.3 is 15.6 Å². The molecule has 2 heterocycles. The quantitative estimate of drug-likeness (QED) is 0.672. The Balaban J connectivity index is 2.09. The van der Waals surface area contributed by atoms with Crippen LogP contribution in [0, 0.1) is 12.3 Å². The summed E-state index contributed by atoms with van der Waals surface area (Å²) in [6, 6.07) is 10.1. The van der Waals surface area contributed by atoms with Crippen LogP contribution in [0.5, 0.6) is 0 Å². The van der Waals surface area contributed by atoms with Crippen molar-refractivity contribution in [2.24, 2.45) is 11.1 Å². The van der Waals surface area contributed by atoms with E-state index < -0.39 is 23.3 Å². The molecule has 0 aliphatic carbocycles. The van der Waals surface area contributed by atoms with Crippen LogP contribution < -0.4 is 11.1 Å². The third-order valence-corrected chi connectivity index (χ3v) is 4.90. The minimum absolute atomic E-state index is 0.221. The number of hydrogen-bond acceptors (Lipinski definition) is 3. The van der Waals surface area contributed by atoms with Crippen molar-refractivity contribution in [2.75, 3.05) is 0 Å². The highest BCUT2D eigenvalue weighted by Gasteiger charge is 2.33. The molecule has 0 aliphatic heterocycles. The summed E-state index contributed by atoms with van der Waals surface area (Å²) in [4.78, 5) is 24.9. The Labute approximate surface area is 174 Å². The first kappa shape index (κ1) is 20.7. The summed E-state index contributed by atoms with van der Waals surface area (Å²) in [6.45, 7) is 7.34. The van der Waals surface area contributed by atoms with E-state index in [0.717, 1.165) is 5.69 Å². The molecule has 8 heteroatoms. The largest absolute Gasteiger partial charge is 0.368 e. The lowest BCUT2D eigenvalue weighted by Crippen LogP contribution is -2.52. The molecule has 0 aliphatic rings. The van der Waals surface area contributed by atoms with Crippen molar-refractivity contribution in [3.63, 3.8) is 0 Å². The molecule has 0 saturated heterocycles. The zero-order valence-electron chi connectivity index (χ0n) is 16.8. The van der Waals surface area contributed by atoms with Crippen molar-refractivity contribution in [1.82, 2.24) is 19.7 Å². The number of amides is 2. The number of hydrogen-bond donors (Lipinski definition) is 2. The number of benzene rings is 1. The molecule has 1 aromatic carbocycles. The van der Waals surface area contributed by atoms with Gasteiger partial charge in [0.15, 0.2) is 5.69 Å². The first-order valence-electron chi connectivity index (χ1n) is 9.18. The van der Waals surface area contributed by atoms with Crippen LogP contribution in [0.4, 0.5) is 0 Å². The van der Waals surface area contributed by atoms with Gasteiger partial charge in [0.25, 0.3) is 5.91 Å². The summed E-state index contributed by atoms with van der Waals surface area (Å²) < 4.78 is 3.56. The first-order chi connectivity index (χ1) is 13.6. The van der Waals surface area contributed by atoms with Gasteiger partial charge in [-0.15, -0.1) is 0 Å². The summed E-state index contributed by atoms with van der Waals surface area (Å²) in [5, 5.41) is 7.89. The zero-order chi connectivity index (χ0) is 21.3. The van der Waals surface area contributed by atoms with E-state index in [4.69, 9.17) is 17.3 Å². The lowest BCUT2D eigenvalue weighted by atomic mass is 9.86. The predicted octanol–water partition coefficient (Wildman–Crippen LogP) is 3.25. The normalized spacial score (nSPS) is 12.6. The fraction of sp³-hybridized carbons (Fsp3) is 0.286. The molecule has 0 unspecified atom stereocenters. The van der Waals surface area contributed by atoms with E-state index in [9.17, 15) is 9.59 Å². The minimum atomic E-state index is -0.829. The molecule has 7 nitrogen and oxygen atoms in total. The number of aromatic nitrogens is 3. The summed E-state index contributed by atoms with van der Waals surface area (Å²) in [5.74, 6) is -0.331. The third kappa shape index (κ3) is 4.19. The number of primary amides is 1. The summed E-state index contributed by atoms with van der Waals surface area (Å²) in [6.07, 6.45) is 3.75. The number of carbonyl (C=O) groups excluding carboxylic acids is 2. The Hall–Kier alpha value is -3.06. The van der Waals surface area contributed by atoms with Gasteiger partial charge in [0.2, 0.25) is 5.91 Å². The van der Waals surface area contributed by atoms with Gasteiger partial charge >= 0.3 is 0 Å². The SMILES string of the molecule is Cc1c(C(=O)N[C@H](C(N)=O)C(C)(C)C)nn(-c2ccc(Cl)cc2)c1-n1cccc1. The molecular weight excluding hydrogens is 390 g/mol. The van der Waals surface area contributed by atoms with Gasteiger partial charge in [-0.3, -0.25) is 9.59 Å². The highest BCUT2D eigenvalue weighted by Crippen LogP contribution is 2.25. The van der Waals surface area contributed by atoms with Crippen LogP contribution >= 0.6 is 11.6 Å². The van der Waals surface area contributed by atoms with Crippen molar-refractivity contribution in [3.05, 3.63) is 65.1 Å². The van der Waals surface area contributed by atoms with Crippen LogP contribution in [0.15, 0.2) is 48.8 Å². The number of carbonyl (C=O) groups is 2. The van der Waals surface area contributed by atoms with Crippen molar-refractivity contribution in [1.29, 1.82) is 0 Å². The molecule has 3 aromatic rings. The Bertz CT molecular complexity index is 1030. The molecule has 0 saturated carbocycles. The Morgan fingerprint density at radius 3 is 2.24 bits per heavy atom. The fourth-order valence-corrected chi connectivity index (χ4v) is 3.28. The zero-order valence-corrected chi connectivity index (χ0v) is 17.6. The van der Waals surface area contributed by atoms with Crippen molar-refractivity contribution in [2.45, 2.75) is 33.7 Å². The second kappa shape index (κ2) is 7.75. The van der Waals surface area contributed by atoms with E-state index in [-0.39, 0.29) is 5.69 Å². The Kier molecular flexibility index (Phi) is 5.53. The molecule has 0 spiro atoms. The Morgan fingerprint density at radius 1 is 1.14 bits per heavy atom. The maximum atomic E-state index is 13.0. The lowest BCUT2D eigenvalue weighted by molar-refractivity contribution is -0.122. The van der Waals surface area contributed by atoms with Crippen molar-refractivity contribution < 1.29 is 9.59 Å². The number of nitrogens with zero attached hydrogens (tertiary/aromatic N) is 3. The predicted molar refractivity (Wildman–Crippen MR) is 113 cm³/mol. The van der Waals surface area contributed by atoms with Gasteiger partial charge in [-0.25, -0.2) is 4.68 Å². The average Bonchev–Trinajstić information content (AvgIpc) is 3.26. The highest BCUT2D eigenvalue weighted by atomic mass is 35.5. The van der Waals surface area contributed by atoms with Crippen LogP contribution in [0.25, 0.3) is 11.5 Å². The van der Waals surface area contributed by atoms with Gasteiger partial charge in [0, 0.05) is 23.0 Å². The van der Waals surface area contributed by atoms with Crippen molar-refractivity contribution >= 4 is 23.4 Å². The van der Waals surface area contributed by atoms with Crippen molar-refractivity contribution in [3.8, 4) is 11.5 Å². The first-order valence-corrected chi connectivity index (χ1v) is 9.56. The molecule has 0 fully saturated rings. The second-order valence-corrected chi connectivity index (χ2v) is 8.39. The van der Waals surface area contributed by atoms with Crippen LogP contribution in [0.2, 0.25) is 5.02 Å². The van der Waals surface area contributed by atoms with E-state index in [1.54, 1.807) is 16.8 Å². The van der Waals surface area contributed by atoms with Crippen LogP contribution in [-0.2, 0) is 4.79 Å². The fourth-order valence-electron chi connectivity index (χ4n) is 3.16. The van der Waals surface area contributed by atoms with E-state index in [2.05, 4.69) is 10.4 Å². The number of halogens is 1. The standard InChI is InChI=1S/C21H24ClN5O2/c1-13-16(19(29)24-17(18(23)28)21(2,3)4)25-27(15-9-7-14(22)8-10-15)20(13)26-11-5-6-12-26/h5-12,17H,1-4H3,(H2,23,28)(H,24,29)/t17-/m1/s1. The number of nitrogens with two attached hydrogens (primary N) is 1. The van der Waals surface area contributed by atoms with Gasteiger partial charge in [-0.2, -0.15) is 5.10 Å². The summed E-state index contributed by atoms with van der Waals surface area (Å²) in [7, 11) is 0. The van der Waals surface area contributed by atoms with Crippen LogP contribution in [0.1, 0.15) is 36.8 Å². The number of nitrogens with one attached hydrogen (secondary N) is 1. The second-order valence-electron chi connectivity index (χ2n) is 7.95. The summed E-state index contributed by atoms with van der Waals surface area (Å²) >= 11 is 6.01.